The molecule has 1 aromatic heterocycles. The van der Waals surface area contributed by atoms with E-state index < -0.39 is 6.04 Å². The molecule has 0 fully saturated rings. The van der Waals surface area contributed by atoms with Gasteiger partial charge in [-0.1, -0.05) is 30.3 Å². The standard InChI is InChI=1S/C25H19NO5/c1-29-17-9-5-7-15(13-17)22-21-23(27)19-11-3-4-12-20(19)31-24(21)25(28)26(22)16-8-6-10-18(14-16)30-2/h3-14,22H,1-2H3. The van der Waals surface area contributed by atoms with E-state index in [1.807, 2.05) is 30.3 Å². The molecule has 6 nitrogen and oxygen atoms in total. The van der Waals surface area contributed by atoms with Crippen molar-refractivity contribution >= 4 is 22.6 Å². The largest absolute Gasteiger partial charge is 0.497 e. The zero-order valence-electron chi connectivity index (χ0n) is 17.0. The van der Waals surface area contributed by atoms with Crippen molar-refractivity contribution in [2.24, 2.45) is 0 Å². The maximum absolute atomic E-state index is 13.6. The monoisotopic (exact) mass is 413 g/mol. The van der Waals surface area contributed by atoms with Crippen LogP contribution < -0.4 is 19.8 Å². The van der Waals surface area contributed by atoms with E-state index in [0.717, 1.165) is 5.56 Å². The fourth-order valence-electron chi connectivity index (χ4n) is 4.07. The average Bonchev–Trinajstić information content (AvgIpc) is 3.12. The summed E-state index contributed by atoms with van der Waals surface area (Å²) in [6, 6.07) is 20.8. The molecule has 0 N–H and O–H groups in total. The SMILES string of the molecule is COc1cccc(C2c3c(oc4ccccc4c3=O)C(=O)N2c2cccc(OC)c2)c1. The number of carbonyl (C=O) groups excluding carboxylic acids is 1. The Labute approximate surface area is 178 Å². The molecule has 31 heavy (non-hydrogen) atoms. The summed E-state index contributed by atoms with van der Waals surface area (Å²) in [6.07, 6.45) is 0. The van der Waals surface area contributed by atoms with Gasteiger partial charge >= 0.3 is 0 Å². The highest BCUT2D eigenvalue weighted by Crippen LogP contribution is 2.42. The normalized spacial score (nSPS) is 15.2. The van der Waals surface area contributed by atoms with Gasteiger partial charge in [-0.25, -0.2) is 0 Å². The number of hydrogen-bond donors (Lipinski definition) is 0. The Bertz CT molecular complexity index is 1370. The number of nitrogens with zero attached hydrogens (tertiary/aromatic N) is 1. The predicted molar refractivity (Wildman–Crippen MR) is 117 cm³/mol. The predicted octanol–water partition coefficient (Wildman–Crippen LogP) is 4.56. The molecule has 1 aliphatic rings. The molecule has 154 valence electrons. The van der Waals surface area contributed by atoms with Crippen LogP contribution >= 0.6 is 0 Å². The molecule has 3 aromatic carbocycles. The summed E-state index contributed by atoms with van der Waals surface area (Å²) >= 11 is 0. The van der Waals surface area contributed by atoms with Crippen molar-refractivity contribution in [2.45, 2.75) is 6.04 Å². The molecular formula is C25H19NO5. The second-order valence-electron chi connectivity index (χ2n) is 7.23. The summed E-state index contributed by atoms with van der Waals surface area (Å²) < 4.78 is 16.7. The fraction of sp³-hybridized carbons (Fsp3) is 0.120. The van der Waals surface area contributed by atoms with Crippen LogP contribution in [0.5, 0.6) is 11.5 Å². The molecule has 1 atom stereocenters. The van der Waals surface area contributed by atoms with E-state index in [2.05, 4.69) is 0 Å². The minimum absolute atomic E-state index is 0.0549. The van der Waals surface area contributed by atoms with Crippen molar-refractivity contribution in [1.29, 1.82) is 0 Å². The Morgan fingerprint density at radius 2 is 1.55 bits per heavy atom. The van der Waals surface area contributed by atoms with Gasteiger partial charge in [0.1, 0.15) is 17.1 Å². The highest BCUT2D eigenvalue weighted by molar-refractivity contribution is 6.10. The highest BCUT2D eigenvalue weighted by atomic mass is 16.5. The van der Waals surface area contributed by atoms with Crippen LogP contribution in [-0.4, -0.2) is 20.1 Å². The number of anilines is 1. The van der Waals surface area contributed by atoms with Crippen LogP contribution in [0.4, 0.5) is 5.69 Å². The number of fused-ring (bicyclic) bond motifs is 2. The molecule has 1 amide bonds. The molecule has 4 aromatic rings. The molecule has 6 heteroatoms. The first-order chi connectivity index (χ1) is 15.1. The van der Waals surface area contributed by atoms with Crippen molar-refractivity contribution in [3.8, 4) is 11.5 Å². The van der Waals surface area contributed by atoms with Crippen molar-refractivity contribution in [1.82, 2.24) is 0 Å². The van der Waals surface area contributed by atoms with Gasteiger partial charge in [-0.2, -0.15) is 0 Å². The Hall–Kier alpha value is -4.06. The van der Waals surface area contributed by atoms with E-state index >= 15 is 0 Å². The smallest absolute Gasteiger partial charge is 0.295 e. The van der Waals surface area contributed by atoms with E-state index in [1.54, 1.807) is 61.6 Å². The third-order valence-electron chi connectivity index (χ3n) is 5.52. The summed E-state index contributed by atoms with van der Waals surface area (Å²) in [4.78, 5) is 28.6. The van der Waals surface area contributed by atoms with Crippen LogP contribution in [0, 0.1) is 0 Å². The molecule has 0 spiro atoms. The van der Waals surface area contributed by atoms with Crippen molar-refractivity contribution in [2.75, 3.05) is 19.1 Å². The third kappa shape index (κ3) is 2.95. The lowest BCUT2D eigenvalue weighted by Crippen LogP contribution is -2.29. The van der Waals surface area contributed by atoms with E-state index in [-0.39, 0.29) is 17.1 Å². The van der Waals surface area contributed by atoms with Crippen LogP contribution in [0.25, 0.3) is 11.0 Å². The number of amides is 1. The lowest BCUT2D eigenvalue weighted by Gasteiger charge is -2.25. The molecular weight excluding hydrogens is 394 g/mol. The quantitative estimate of drug-likeness (QED) is 0.491. The topological polar surface area (TPSA) is 69.0 Å². The fourth-order valence-corrected chi connectivity index (χ4v) is 4.07. The van der Waals surface area contributed by atoms with Gasteiger partial charge in [-0.05, 0) is 42.0 Å². The average molecular weight is 413 g/mol. The lowest BCUT2D eigenvalue weighted by molar-refractivity contribution is 0.0971. The lowest BCUT2D eigenvalue weighted by atomic mass is 9.98. The second kappa shape index (κ2) is 7.32. The van der Waals surface area contributed by atoms with Gasteiger partial charge in [0.05, 0.1) is 31.2 Å². The van der Waals surface area contributed by atoms with Crippen LogP contribution in [0.1, 0.15) is 27.7 Å². The molecule has 0 radical (unpaired) electrons. The number of hydrogen-bond acceptors (Lipinski definition) is 5. The highest BCUT2D eigenvalue weighted by Gasteiger charge is 2.43. The second-order valence-corrected chi connectivity index (χ2v) is 7.23. The molecule has 0 bridgehead atoms. The maximum atomic E-state index is 13.6. The Morgan fingerprint density at radius 1 is 0.839 bits per heavy atom. The summed E-state index contributed by atoms with van der Waals surface area (Å²) in [6.45, 7) is 0. The van der Waals surface area contributed by atoms with Crippen LogP contribution in [-0.2, 0) is 0 Å². The van der Waals surface area contributed by atoms with E-state index in [4.69, 9.17) is 13.9 Å². The minimum Gasteiger partial charge on any atom is -0.497 e. The molecule has 0 aliphatic carbocycles. The van der Waals surface area contributed by atoms with Gasteiger partial charge in [0.2, 0.25) is 5.76 Å². The maximum Gasteiger partial charge on any atom is 0.295 e. The van der Waals surface area contributed by atoms with Crippen molar-refractivity contribution < 1.29 is 18.7 Å². The zero-order valence-corrected chi connectivity index (χ0v) is 17.0. The molecule has 1 unspecified atom stereocenters. The number of carbonyl (C=O) groups is 1. The molecule has 0 saturated carbocycles. The van der Waals surface area contributed by atoms with Gasteiger partial charge in [0.15, 0.2) is 5.43 Å². The van der Waals surface area contributed by atoms with E-state index in [0.29, 0.717) is 33.7 Å². The van der Waals surface area contributed by atoms with Gasteiger partial charge in [-0.15, -0.1) is 0 Å². The number of benzene rings is 3. The van der Waals surface area contributed by atoms with Crippen LogP contribution in [0.15, 0.2) is 82.0 Å². The number of methoxy groups -OCH3 is 2. The Morgan fingerprint density at radius 3 is 2.32 bits per heavy atom. The first kappa shape index (κ1) is 18.9. The molecule has 1 aliphatic heterocycles. The summed E-state index contributed by atoms with van der Waals surface area (Å²) in [7, 11) is 3.14. The summed E-state index contributed by atoms with van der Waals surface area (Å²) in [5.41, 5.74) is 1.84. The first-order valence-corrected chi connectivity index (χ1v) is 9.79. The molecule has 5 rings (SSSR count). The third-order valence-corrected chi connectivity index (χ3v) is 5.52. The van der Waals surface area contributed by atoms with E-state index in [9.17, 15) is 9.59 Å². The number of para-hydroxylation sites is 1. The van der Waals surface area contributed by atoms with Crippen molar-refractivity contribution in [3.63, 3.8) is 0 Å². The van der Waals surface area contributed by atoms with Crippen LogP contribution in [0.3, 0.4) is 0 Å². The molecule has 2 heterocycles. The number of rotatable bonds is 4. The Balaban J connectivity index is 1.81. The zero-order chi connectivity index (χ0) is 21.5. The van der Waals surface area contributed by atoms with Gasteiger partial charge in [0.25, 0.3) is 5.91 Å². The Kier molecular flexibility index (Phi) is 4.47. The van der Waals surface area contributed by atoms with Gasteiger partial charge < -0.3 is 13.9 Å². The van der Waals surface area contributed by atoms with Gasteiger partial charge in [0, 0.05) is 11.8 Å². The van der Waals surface area contributed by atoms with E-state index in [1.165, 1.54) is 0 Å². The molecule has 0 saturated heterocycles. The number of ether oxygens (including phenoxy) is 2. The minimum atomic E-state index is -0.662. The van der Waals surface area contributed by atoms with Crippen LogP contribution in [0.2, 0.25) is 0 Å². The summed E-state index contributed by atoms with van der Waals surface area (Å²) in [5, 5.41) is 0.439. The van der Waals surface area contributed by atoms with Gasteiger partial charge in [-0.3, -0.25) is 14.5 Å². The first-order valence-electron chi connectivity index (χ1n) is 9.79. The summed E-state index contributed by atoms with van der Waals surface area (Å²) in [5.74, 6) is 0.919. The van der Waals surface area contributed by atoms with Crippen molar-refractivity contribution in [3.05, 3.63) is 99.9 Å².